The van der Waals surface area contributed by atoms with Crippen molar-refractivity contribution in [1.29, 1.82) is 0 Å². The van der Waals surface area contributed by atoms with Crippen LogP contribution in [0.4, 0.5) is 14.5 Å². The first-order chi connectivity index (χ1) is 11.0. The molecule has 1 heterocycles. The van der Waals surface area contributed by atoms with Gasteiger partial charge in [-0.15, -0.1) is 0 Å². The summed E-state index contributed by atoms with van der Waals surface area (Å²) in [5.74, 6) is -3.07. The molecule has 0 aliphatic carbocycles. The molecule has 0 unspecified atom stereocenters. The Morgan fingerprint density at radius 1 is 1.30 bits per heavy atom. The minimum Gasteiger partial charge on any atom is -0.449 e. The summed E-state index contributed by atoms with van der Waals surface area (Å²) in [5, 5.41) is 5.94. The first kappa shape index (κ1) is 16.8. The lowest BCUT2D eigenvalue weighted by Gasteiger charge is -2.12. The van der Waals surface area contributed by atoms with Crippen LogP contribution in [0.5, 0.6) is 0 Å². The molecule has 7 heteroatoms. The van der Waals surface area contributed by atoms with Crippen LogP contribution in [0.15, 0.2) is 41.1 Å². The van der Waals surface area contributed by atoms with E-state index in [9.17, 15) is 18.4 Å². The van der Waals surface area contributed by atoms with Gasteiger partial charge in [-0.3, -0.25) is 4.79 Å². The van der Waals surface area contributed by atoms with Crippen LogP contribution in [-0.4, -0.2) is 18.0 Å². The van der Waals surface area contributed by atoms with Crippen molar-refractivity contribution in [3.05, 3.63) is 58.3 Å². The van der Waals surface area contributed by atoms with Gasteiger partial charge >= 0.3 is 5.97 Å². The molecule has 1 N–H and O–H groups in total. The highest BCUT2D eigenvalue weighted by molar-refractivity contribution is 7.08. The van der Waals surface area contributed by atoms with Gasteiger partial charge in [0.05, 0.1) is 5.69 Å². The second kappa shape index (κ2) is 7.64. The molecule has 1 atom stereocenters. The average molecular weight is 337 g/mol. The van der Waals surface area contributed by atoms with Crippen LogP contribution in [0.1, 0.15) is 12.5 Å². The zero-order valence-corrected chi connectivity index (χ0v) is 12.9. The summed E-state index contributed by atoms with van der Waals surface area (Å²) < 4.78 is 31.1. The van der Waals surface area contributed by atoms with Crippen LogP contribution in [0.2, 0.25) is 0 Å². The van der Waals surface area contributed by atoms with Crippen LogP contribution >= 0.6 is 11.3 Å². The van der Waals surface area contributed by atoms with Gasteiger partial charge < -0.3 is 10.1 Å². The predicted octanol–water partition coefficient (Wildman–Crippen LogP) is 3.61. The number of esters is 1. The third-order valence-corrected chi connectivity index (χ3v) is 3.51. The molecule has 0 aliphatic rings. The third-order valence-electron chi connectivity index (χ3n) is 2.81. The number of benzene rings is 1. The number of amides is 1. The molecule has 0 saturated heterocycles. The molecule has 120 valence electrons. The summed E-state index contributed by atoms with van der Waals surface area (Å²) in [6.07, 6.45) is 1.63. The van der Waals surface area contributed by atoms with E-state index in [1.807, 2.05) is 16.8 Å². The molecule has 4 nitrogen and oxygen atoms in total. The molecule has 0 spiro atoms. The van der Waals surface area contributed by atoms with E-state index < -0.39 is 29.6 Å². The fourth-order valence-electron chi connectivity index (χ4n) is 1.63. The van der Waals surface area contributed by atoms with E-state index in [1.54, 1.807) is 6.08 Å². The third kappa shape index (κ3) is 5.00. The van der Waals surface area contributed by atoms with Crippen molar-refractivity contribution in [1.82, 2.24) is 0 Å². The maximum absolute atomic E-state index is 13.4. The van der Waals surface area contributed by atoms with Crippen molar-refractivity contribution < 1.29 is 23.1 Å². The molecular formula is C16H13F2NO3S. The Hall–Kier alpha value is -2.54. The topological polar surface area (TPSA) is 55.4 Å². The first-order valence-electron chi connectivity index (χ1n) is 6.62. The van der Waals surface area contributed by atoms with E-state index in [1.165, 1.54) is 24.3 Å². The summed E-state index contributed by atoms with van der Waals surface area (Å²) in [6, 6.07) is 4.57. The van der Waals surface area contributed by atoms with E-state index in [4.69, 9.17) is 4.74 Å². The number of carbonyl (C=O) groups is 2. The number of hydrogen-bond donors (Lipinski definition) is 1. The van der Waals surface area contributed by atoms with Gasteiger partial charge in [0.15, 0.2) is 6.10 Å². The molecule has 0 aliphatic heterocycles. The lowest BCUT2D eigenvalue weighted by atomic mass is 10.2. The van der Waals surface area contributed by atoms with Crippen LogP contribution in [0, 0.1) is 11.6 Å². The van der Waals surface area contributed by atoms with Crippen molar-refractivity contribution >= 4 is 35.0 Å². The Bertz CT molecular complexity index is 729. The molecular weight excluding hydrogens is 324 g/mol. The van der Waals surface area contributed by atoms with Crippen molar-refractivity contribution in [2.45, 2.75) is 13.0 Å². The van der Waals surface area contributed by atoms with Crippen molar-refractivity contribution in [2.24, 2.45) is 0 Å². The Labute approximate surface area is 135 Å². The van der Waals surface area contributed by atoms with E-state index in [0.29, 0.717) is 6.07 Å². The van der Waals surface area contributed by atoms with Gasteiger partial charge in [-0.2, -0.15) is 11.3 Å². The molecule has 0 radical (unpaired) electrons. The van der Waals surface area contributed by atoms with E-state index in [-0.39, 0.29) is 5.69 Å². The molecule has 2 aromatic rings. The van der Waals surface area contributed by atoms with Crippen LogP contribution in [0.3, 0.4) is 0 Å². The summed E-state index contributed by atoms with van der Waals surface area (Å²) in [7, 11) is 0. The Balaban J connectivity index is 1.90. The lowest BCUT2D eigenvalue weighted by molar-refractivity contribution is -0.148. The molecule has 1 amide bonds. The lowest BCUT2D eigenvalue weighted by Crippen LogP contribution is -2.29. The maximum atomic E-state index is 13.4. The fraction of sp³-hybridized carbons (Fsp3) is 0.125. The SMILES string of the molecule is C[C@@H](OC(=O)/C=C/c1ccsc1)C(=O)Nc1ccc(F)cc1F. The molecule has 0 fully saturated rings. The van der Waals surface area contributed by atoms with Gasteiger partial charge in [-0.1, -0.05) is 0 Å². The standard InChI is InChI=1S/C16H13F2NO3S/c1-10(22-15(20)5-2-11-6-7-23-9-11)16(21)19-14-4-3-12(17)8-13(14)18/h2-10H,1H3,(H,19,21)/b5-2+/t10-/m1/s1. The normalized spacial score (nSPS) is 12.1. The monoisotopic (exact) mass is 337 g/mol. The van der Waals surface area contributed by atoms with Gasteiger partial charge in [0, 0.05) is 12.1 Å². The highest BCUT2D eigenvalue weighted by Gasteiger charge is 2.18. The van der Waals surface area contributed by atoms with Crippen molar-refractivity contribution in [3.8, 4) is 0 Å². The first-order valence-corrected chi connectivity index (χ1v) is 7.57. The summed E-state index contributed by atoms with van der Waals surface area (Å²) in [6.45, 7) is 1.35. The van der Waals surface area contributed by atoms with Crippen molar-refractivity contribution in [3.63, 3.8) is 0 Å². The molecule has 0 bridgehead atoms. The fourth-order valence-corrected chi connectivity index (χ4v) is 2.25. The molecule has 1 aromatic carbocycles. The Morgan fingerprint density at radius 2 is 2.09 bits per heavy atom. The van der Waals surface area contributed by atoms with Gasteiger partial charge in [0.2, 0.25) is 0 Å². The molecule has 23 heavy (non-hydrogen) atoms. The number of ether oxygens (including phenoxy) is 1. The number of carbonyl (C=O) groups excluding carboxylic acids is 2. The molecule has 2 rings (SSSR count). The van der Waals surface area contributed by atoms with E-state index >= 15 is 0 Å². The number of anilines is 1. The number of nitrogens with one attached hydrogen (secondary N) is 1. The quantitative estimate of drug-likeness (QED) is 0.670. The number of rotatable bonds is 5. The highest BCUT2D eigenvalue weighted by Crippen LogP contribution is 2.15. The van der Waals surface area contributed by atoms with Gasteiger partial charge in [0.1, 0.15) is 11.6 Å². The summed E-state index contributed by atoms with van der Waals surface area (Å²) >= 11 is 1.48. The summed E-state index contributed by atoms with van der Waals surface area (Å²) in [4.78, 5) is 23.5. The minimum absolute atomic E-state index is 0.187. The minimum atomic E-state index is -1.13. The Kier molecular flexibility index (Phi) is 5.59. The predicted molar refractivity (Wildman–Crippen MR) is 83.9 cm³/mol. The number of hydrogen-bond acceptors (Lipinski definition) is 4. The second-order valence-electron chi connectivity index (χ2n) is 4.58. The Morgan fingerprint density at radius 3 is 2.74 bits per heavy atom. The van der Waals surface area contributed by atoms with Gasteiger partial charge in [-0.05, 0) is 47.5 Å². The van der Waals surface area contributed by atoms with Crippen LogP contribution in [0.25, 0.3) is 6.08 Å². The molecule has 1 aromatic heterocycles. The van der Waals surface area contributed by atoms with Crippen LogP contribution < -0.4 is 5.32 Å². The second-order valence-corrected chi connectivity index (χ2v) is 5.36. The maximum Gasteiger partial charge on any atom is 0.331 e. The number of halogens is 2. The molecule has 0 saturated carbocycles. The smallest absolute Gasteiger partial charge is 0.331 e. The van der Waals surface area contributed by atoms with Gasteiger partial charge in [0.25, 0.3) is 5.91 Å². The van der Waals surface area contributed by atoms with Crippen molar-refractivity contribution in [2.75, 3.05) is 5.32 Å². The van der Waals surface area contributed by atoms with Crippen LogP contribution in [-0.2, 0) is 14.3 Å². The van der Waals surface area contributed by atoms with E-state index in [0.717, 1.165) is 17.7 Å². The largest absolute Gasteiger partial charge is 0.449 e. The zero-order chi connectivity index (χ0) is 16.8. The zero-order valence-electron chi connectivity index (χ0n) is 12.1. The average Bonchev–Trinajstić information content (AvgIpc) is 3.01. The number of thiophene rings is 1. The highest BCUT2D eigenvalue weighted by atomic mass is 32.1. The summed E-state index contributed by atoms with van der Waals surface area (Å²) in [5.41, 5.74) is 0.658. The van der Waals surface area contributed by atoms with Gasteiger partial charge in [-0.25, -0.2) is 13.6 Å². The van der Waals surface area contributed by atoms with E-state index in [2.05, 4.69) is 5.32 Å².